The number of nitrogens with zero attached hydrogens (tertiary/aromatic N) is 1. The molecule has 0 radical (unpaired) electrons. The summed E-state index contributed by atoms with van der Waals surface area (Å²) in [5, 5.41) is 0. The van der Waals surface area contributed by atoms with Gasteiger partial charge in [-0.05, 0) is 24.2 Å². The first-order valence-electron chi connectivity index (χ1n) is 3.25. The highest BCUT2D eigenvalue weighted by atomic mass is 32.2. The molecule has 1 aliphatic carbocycles. The summed E-state index contributed by atoms with van der Waals surface area (Å²) in [5.74, 6) is 0. The Morgan fingerprint density at radius 3 is 2.80 bits per heavy atom. The second kappa shape index (κ2) is 3.62. The zero-order valence-electron chi connectivity index (χ0n) is 6.24. The van der Waals surface area contributed by atoms with Gasteiger partial charge in [-0.1, -0.05) is 12.2 Å². The fourth-order valence-corrected chi connectivity index (χ4v) is 0.661. The number of thioether (sulfide) groups is 1. The van der Waals surface area contributed by atoms with Crippen molar-refractivity contribution in [3.05, 3.63) is 23.1 Å². The summed E-state index contributed by atoms with van der Waals surface area (Å²) in [6, 6.07) is 0.408. The van der Waals surface area contributed by atoms with Gasteiger partial charge in [0.2, 0.25) is 0 Å². The van der Waals surface area contributed by atoms with Gasteiger partial charge in [-0.15, -0.1) is 11.8 Å². The Kier molecular flexibility index (Phi) is 2.75. The van der Waals surface area contributed by atoms with Crippen LogP contribution < -0.4 is 0 Å². The summed E-state index contributed by atoms with van der Waals surface area (Å²) in [6.07, 6.45) is 10.1. The van der Waals surface area contributed by atoms with Crippen LogP contribution in [-0.2, 0) is 0 Å². The molecule has 10 heavy (non-hydrogen) atoms. The third kappa shape index (κ3) is 2.87. The number of hydrogen-bond acceptors (Lipinski definition) is 2. The van der Waals surface area contributed by atoms with Gasteiger partial charge in [0, 0.05) is 6.21 Å². The molecule has 0 saturated carbocycles. The summed E-state index contributed by atoms with van der Waals surface area (Å²) < 4.78 is 0. The van der Waals surface area contributed by atoms with E-state index < -0.39 is 0 Å². The molecule has 0 aliphatic heterocycles. The predicted molar refractivity (Wildman–Crippen MR) is 48.7 cm³/mol. The van der Waals surface area contributed by atoms with Crippen molar-refractivity contribution in [3.8, 4) is 0 Å². The topological polar surface area (TPSA) is 12.4 Å². The minimum absolute atomic E-state index is 0.408. The molecule has 0 unspecified atom stereocenters. The maximum atomic E-state index is 4.20. The zero-order chi connectivity index (χ0) is 7.40. The lowest BCUT2D eigenvalue weighted by molar-refractivity contribution is 1.17. The van der Waals surface area contributed by atoms with E-state index >= 15 is 0 Å². The highest BCUT2D eigenvalue weighted by molar-refractivity contribution is 8.02. The van der Waals surface area contributed by atoms with E-state index in [0.717, 1.165) is 0 Å². The first-order valence-corrected chi connectivity index (χ1v) is 4.48. The van der Waals surface area contributed by atoms with E-state index in [1.807, 2.05) is 12.3 Å². The monoisotopic (exact) mass is 153 g/mol. The van der Waals surface area contributed by atoms with E-state index in [4.69, 9.17) is 0 Å². The third-order valence-corrected chi connectivity index (χ3v) is 2.03. The lowest BCUT2D eigenvalue weighted by Gasteiger charge is -1.88. The molecule has 1 nitrogen and oxygen atoms in total. The van der Waals surface area contributed by atoms with Crippen LogP contribution in [0.1, 0.15) is 6.92 Å². The Morgan fingerprint density at radius 1 is 1.60 bits per heavy atom. The quantitative estimate of drug-likeness (QED) is 0.447. The average Bonchev–Trinajstić information content (AvgIpc) is 2.71. The van der Waals surface area contributed by atoms with Crippen LogP contribution in [0.5, 0.6) is 0 Å². The molecule has 0 fully saturated rings. The second-order valence-corrected chi connectivity index (χ2v) is 3.21. The standard InChI is InChI=1S/C8H11NS/c1-7(10-2)5-6-9-8-3-4-8/h3-6,8H,1-2H3/b7-5-,9-6?. The summed E-state index contributed by atoms with van der Waals surface area (Å²) >= 11 is 1.75. The van der Waals surface area contributed by atoms with Gasteiger partial charge in [-0.3, -0.25) is 4.99 Å². The Balaban J connectivity index is 2.24. The third-order valence-electron chi connectivity index (χ3n) is 1.25. The van der Waals surface area contributed by atoms with Gasteiger partial charge < -0.3 is 0 Å². The summed E-state index contributed by atoms with van der Waals surface area (Å²) in [5.41, 5.74) is 0. The van der Waals surface area contributed by atoms with Gasteiger partial charge in [-0.25, -0.2) is 0 Å². The van der Waals surface area contributed by atoms with Gasteiger partial charge in [0.25, 0.3) is 0 Å². The normalized spacial score (nSPS) is 18.8. The molecule has 0 saturated heterocycles. The summed E-state index contributed by atoms with van der Waals surface area (Å²) in [6.45, 7) is 2.08. The largest absolute Gasteiger partial charge is 0.282 e. The van der Waals surface area contributed by atoms with Crippen molar-refractivity contribution in [2.75, 3.05) is 6.26 Å². The number of allylic oxidation sites excluding steroid dienone is 2. The molecule has 0 atom stereocenters. The molecule has 54 valence electrons. The Labute approximate surface area is 65.9 Å². The van der Waals surface area contributed by atoms with E-state index in [-0.39, 0.29) is 0 Å². The molecular weight excluding hydrogens is 142 g/mol. The molecule has 0 heterocycles. The second-order valence-electron chi connectivity index (χ2n) is 2.16. The van der Waals surface area contributed by atoms with Gasteiger partial charge >= 0.3 is 0 Å². The molecule has 0 bridgehead atoms. The van der Waals surface area contributed by atoms with Gasteiger partial charge in [-0.2, -0.15) is 0 Å². The number of hydrogen-bond donors (Lipinski definition) is 0. The molecular formula is C8H11NS. The highest BCUT2D eigenvalue weighted by Gasteiger charge is 2.04. The SMILES string of the molecule is CS/C(C)=C\C=NC1C=C1. The van der Waals surface area contributed by atoms with Crippen molar-refractivity contribution < 1.29 is 0 Å². The van der Waals surface area contributed by atoms with E-state index in [1.54, 1.807) is 11.8 Å². The van der Waals surface area contributed by atoms with Crippen molar-refractivity contribution in [2.24, 2.45) is 4.99 Å². The maximum Gasteiger partial charge on any atom is 0.0862 e. The number of rotatable bonds is 3. The molecule has 2 heteroatoms. The molecule has 1 aliphatic rings. The summed E-state index contributed by atoms with van der Waals surface area (Å²) in [4.78, 5) is 5.49. The van der Waals surface area contributed by atoms with Crippen LogP contribution in [0.2, 0.25) is 0 Å². The maximum absolute atomic E-state index is 4.20. The fourth-order valence-electron chi connectivity index (χ4n) is 0.464. The van der Waals surface area contributed by atoms with Crippen LogP contribution >= 0.6 is 11.8 Å². The number of aliphatic imine (C=N–C) groups is 1. The van der Waals surface area contributed by atoms with Crippen molar-refractivity contribution >= 4 is 18.0 Å². The lowest BCUT2D eigenvalue weighted by Crippen LogP contribution is -1.76. The fraction of sp³-hybridized carbons (Fsp3) is 0.375. The first kappa shape index (κ1) is 7.61. The Bertz CT molecular complexity index is 185. The van der Waals surface area contributed by atoms with Crippen LogP contribution in [-0.4, -0.2) is 18.5 Å². The first-order chi connectivity index (χ1) is 4.83. The van der Waals surface area contributed by atoms with E-state index in [0.29, 0.717) is 6.04 Å². The molecule has 0 N–H and O–H groups in total. The van der Waals surface area contributed by atoms with Gasteiger partial charge in [0.1, 0.15) is 0 Å². The minimum atomic E-state index is 0.408. The van der Waals surface area contributed by atoms with Gasteiger partial charge in [0.15, 0.2) is 0 Å². The Morgan fingerprint density at radius 2 is 2.30 bits per heavy atom. The van der Waals surface area contributed by atoms with Crippen molar-refractivity contribution in [1.82, 2.24) is 0 Å². The molecule has 0 aromatic rings. The Hall–Kier alpha value is -0.500. The predicted octanol–water partition coefficient (Wildman–Crippen LogP) is 2.26. The molecule has 0 amide bonds. The van der Waals surface area contributed by atoms with Crippen molar-refractivity contribution in [1.29, 1.82) is 0 Å². The highest BCUT2D eigenvalue weighted by Crippen LogP contribution is 2.10. The van der Waals surface area contributed by atoms with Crippen LogP contribution in [0.4, 0.5) is 0 Å². The molecule has 0 aromatic heterocycles. The molecule has 1 rings (SSSR count). The van der Waals surface area contributed by atoms with Gasteiger partial charge in [0.05, 0.1) is 6.04 Å². The zero-order valence-corrected chi connectivity index (χ0v) is 7.06. The van der Waals surface area contributed by atoms with E-state index in [2.05, 4.69) is 30.3 Å². The van der Waals surface area contributed by atoms with Crippen LogP contribution in [0.15, 0.2) is 28.1 Å². The van der Waals surface area contributed by atoms with Crippen LogP contribution in [0, 0.1) is 0 Å². The van der Waals surface area contributed by atoms with Crippen molar-refractivity contribution in [2.45, 2.75) is 13.0 Å². The molecule has 0 spiro atoms. The van der Waals surface area contributed by atoms with Crippen LogP contribution in [0.25, 0.3) is 0 Å². The lowest BCUT2D eigenvalue weighted by atomic mass is 10.5. The molecule has 0 aromatic carbocycles. The van der Waals surface area contributed by atoms with Crippen molar-refractivity contribution in [3.63, 3.8) is 0 Å². The van der Waals surface area contributed by atoms with E-state index in [9.17, 15) is 0 Å². The van der Waals surface area contributed by atoms with Crippen LogP contribution in [0.3, 0.4) is 0 Å². The minimum Gasteiger partial charge on any atom is -0.282 e. The smallest absolute Gasteiger partial charge is 0.0862 e. The van der Waals surface area contributed by atoms with E-state index in [1.165, 1.54) is 4.91 Å². The average molecular weight is 153 g/mol. The summed E-state index contributed by atoms with van der Waals surface area (Å²) in [7, 11) is 0.